The minimum atomic E-state index is -3.51. The van der Waals surface area contributed by atoms with Crippen LogP contribution in [0.4, 0.5) is 0 Å². The second-order valence-corrected chi connectivity index (χ2v) is 10.3. The zero-order chi connectivity index (χ0) is 21.9. The van der Waals surface area contributed by atoms with Crippen molar-refractivity contribution in [2.75, 3.05) is 20.6 Å². The largest absolute Gasteiger partial charge is 0.340 e. The number of amides is 1. The Morgan fingerprint density at radius 3 is 2.47 bits per heavy atom. The Bertz CT molecular complexity index is 991. The highest BCUT2D eigenvalue weighted by Crippen LogP contribution is 2.25. The lowest BCUT2D eigenvalue weighted by atomic mass is 9.94. The highest BCUT2D eigenvalue weighted by Gasteiger charge is 2.25. The molecule has 0 unspecified atom stereocenters. The number of fused-ring (bicyclic) bond motifs is 1. The van der Waals surface area contributed by atoms with Gasteiger partial charge in [-0.1, -0.05) is 19.3 Å². The smallest absolute Gasteiger partial charge is 0.242 e. The van der Waals surface area contributed by atoms with Crippen LogP contribution in [-0.4, -0.2) is 59.8 Å². The molecule has 0 atom stereocenters. The zero-order valence-electron chi connectivity index (χ0n) is 18.6. The highest BCUT2D eigenvalue weighted by molar-refractivity contribution is 7.89. The van der Waals surface area contributed by atoms with Crippen LogP contribution in [0.2, 0.25) is 0 Å². The molecule has 1 aromatic heterocycles. The van der Waals surface area contributed by atoms with E-state index in [1.165, 1.54) is 37.7 Å². The van der Waals surface area contributed by atoms with Crippen LogP contribution in [0.3, 0.4) is 0 Å². The molecule has 0 aliphatic heterocycles. The van der Waals surface area contributed by atoms with Crippen molar-refractivity contribution in [3.63, 3.8) is 0 Å². The number of imidazole rings is 1. The summed E-state index contributed by atoms with van der Waals surface area (Å²) >= 11 is 0. The van der Waals surface area contributed by atoms with Crippen LogP contribution in [0, 0.1) is 0 Å². The number of carbonyl (C=O) groups excluding carboxylic acids is 1. The van der Waals surface area contributed by atoms with Gasteiger partial charge in [0.25, 0.3) is 0 Å². The molecule has 7 nitrogen and oxygen atoms in total. The summed E-state index contributed by atoms with van der Waals surface area (Å²) in [6, 6.07) is 5.44. The molecule has 0 radical (unpaired) electrons. The first-order chi connectivity index (χ1) is 14.3. The van der Waals surface area contributed by atoms with Crippen molar-refractivity contribution < 1.29 is 13.2 Å². The fourth-order valence-electron chi connectivity index (χ4n) is 4.47. The van der Waals surface area contributed by atoms with E-state index in [2.05, 4.69) is 11.5 Å². The molecule has 1 aromatic carbocycles. The van der Waals surface area contributed by atoms with Gasteiger partial charge in [-0.05, 0) is 44.9 Å². The summed E-state index contributed by atoms with van der Waals surface area (Å²) in [5.41, 5.74) is 1.55. The van der Waals surface area contributed by atoms with Crippen LogP contribution in [0.5, 0.6) is 0 Å². The van der Waals surface area contributed by atoms with Crippen LogP contribution in [-0.2, 0) is 27.8 Å². The van der Waals surface area contributed by atoms with Gasteiger partial charge in [0.05, 0.1) is 15.9 Å². The third kappa shape index (κ3) is 4.54. The number of sulfonamides is 1. The molecule has 1 amide bonds. The number of hydrogen-bond donors (Lipinski definition) is 0. The van der Waals surface area contributed by atoms with Gasteiger partial charge in [0.15, 0.2) is 0 Å². The molecule has 1 fully saturated rings. The first kappa shape index (κ1) is 22.7. The lowest BCUT2D eigenvalue weighted by Crippen LogP contribution is -2.41. The lowest BCUT2D eigenvalue weighted by Gasteiger charge is -2.33. The van der Waals surface area contributed by atoms with Crippen LogP contribution in [0.15, 0.2) is 23.1 Å². The SMILES string of the molecule is CCN(C(=O)CCc1nc2cc(S(=O)(=O)N(C)C)ccc2n1CC)C1CCCCC1. The maximum Gasteiger partial charge on any atom is 0.242 e. The summed E-state index contributed by atoms with van der Waals surface area (Å²) in [5, 5.41) is 0. The van der Waals surface area contributed by atoms with Gasteiger partial charge in [0.2, 0.25) is 15.9 Å². The fourth-order valence-corrected chi connectivity index (χ4v) is 5.39. The molecule has 166 valence electrons. The van der Waals surface area contributed by atoms with E-state index in [-0.39, 0.29) is 10.8 Å². The number of aryl methyl sites for hydroxylation is 2. The predicted octanol–water partition coefficient (Wildman–Crippen LogP) is 3.42. The molecule has 0 spiro atoms. The number of benzene rings is 1. The monoisotopic (exact) mass is 434 g/mol. The highest BCUT2D eigenvalue weighted by atomic mass is 32.2. The summed E-state index contributed by atoms with van der Waals surface area (Å²) in [6.07, 6.45) is 6.88. The van der Waals surface area contributed by atoms with Crippen LogP contribution >= 0.6 is 0 Å². The third-order valence-electron chi connectivity index (χ3n) is 6.13. The topological polar surface area (TPSA) is 75.5 Å². The first-order valence-electron chi connectivity index (χ1n) is 11.0. The quantitative estimate of drug-likeness (QED) is 0.638. The molecule has 0 N–H and O–H groups in total. The van der Waals surface area contributed by atoms with Gasteiger partial charge in [-0.3, -0.25) is 4.79 Å². The van der Waals surface area contributed by atoms with E-state index in [4.69, 9.17) is 4.98 Å². The maximum absolute atomic E-state index is 12.9. The Kier molecular flexibility index (Phi) is 7.18. The Hall–Kier alpha value is -1.93. The molecule has 3 rings (SSSR count). The van der Waals surface area contributed by atoms with Crippen molar-refractivity contribution in [2.45, 2.75) is 76.3 Å². The summed E-state index contributed by atoms with van der Waals surface area (Å²) in [7, 11) is -0.467. The molecule has 30 heavy (non-hydrogen) atoms. The van der Waals surface area contributed by atoms with Crippen LogP contribution in [0.1, 0.15) is 58.2 Å². The molecular weight excluding hydrogens is 400 g/mol. The normalized spacial score (nSPS) is 15.8. The standard InChI is InChI=1S/C22H34N4O3S/c1-5-25(17-10-8-7-9-11-17)22(27)15-14-21-23-19-16-18(30(28,29)24(3)4)12-13-20(19)26(21)6-2/h12-13,16-17H,5-11,14-15H2,1-4H3. The number of nitrogens with zero attached hydrogens (tertiary/aromatic N) is 4. The molecule has 1 saturated carbocycles. The maximum atomic E-state index is 12.9. The van der Waals surface area contributed by atoms with Gasteiger partial charge < -0.3 is 9.47 Å². The van der Waals surface area contributed by atoms with Crippen molar-refractivity contribution in [1.29, 1.82) is 0 Å². The molecule has 0 saturated heterocycles. The molecule has 1 aliphatic carbocycles. The van der Waals surface area contributed by atoms with E-state index < -0.39 is 10.0 Å². The van der Waals surface area contributed by atoms with Gasteiger partial charge in [0.1, 0.15) is 5.82 Å². The zero-order valence-corrected chi connectivity index (χ0v) is 19.4. The number of hydrogen-bond acceptors (Lipinski definition) is 4. The van der Waals surface area contributed by atoms with Gasteiger partial charge in [-0.25, -0.2) is 17.7 Å². The number of aromatic nitrogens is 2. The summed E-state index contributed by atoms with van der Waals surface area (Å²) in [6.45, 7) is 5.57. The minimum absolute atomic E-state index is 0.190. The second kappa shape index (κ2) is 9.47. The Morgan fingerprint density at radius 2 is 1.87 bits per heavy atom. The average Bonchev–Trinajstić information content (AvgIpc) is 3.10. The Morgan fingerprint density at radius 1 is 1.17 bits per heavy atom. The van der Waals surface area contributed by atoms with E-state index >= 15 is 0 Å². The van der Waals surface area contributed by atoms with Crippen molar-refractivity contribution in [3.8, 4) is 0 Å². The third-order valence-corrected chi connectivity index (χ3v) is 7.94. The summed E-state index contributed by atoms with van der Waals surface area (Å²) in [5.74, 6) is 1.02. The number of rotatable bonds is 8. The molecule has 2 aromatic rings. The van der Waals surface area contributed by atoms with Gasteiger partial charge in [0, 0.05) is 46.1 Å². The van der Waals surface area contributed by atoms with Gasteiger partial charge in [-0.15, -0.1) is 0 Å². The van der Waals surface area contributed by atoms with E-state index in [1.807, 2.05) is 17.9 Å². The second-order valence-electron chi connectivity index (χ2n) is 8.18. The van der Waals surface area contributed by atoms with Gasteiger partial charge in [-0.2, -0.15) is 0 Å². The average molecular weight is 435 g/mol. The van der Waals surface area contributed by atoms with E-state index in [9.17, 15) is 13.2 Å². The lowest BCUT2D eigenvalue weighted by molar-refractivity contribution is -0.133. The molecular formula is C22H34N4O3S. The predicted molar refractivity (Wildman–Crippen MR) is 119 cm³/mol. The molecule has 1 aliphatic rings. The summed E-state index contributed by atoms with van der Waals surface area (Å²) in [4.78, 5) is 19.9. The van der Waals surface area contributed by atoms with E-state index in [0.717, 1.165) is 37.3 Å². The van der Waals surface area contributed by atoms with Crippen LogP contribution < -0.4 is 0 Å². The van der Waals surface area contributed by atoms with Crippen molar-refractivity contribution in [1.82, 2.24) is 18.8 Å². The van der Waals surface area contributed by atoms with Crippen LogP contribution in [0.25, 0.3) is 11.0 Å². The van der Waals surface area contributed by atoms with E-state index in [1.54, 1.807) is 12.1 Å². The van der Waals surface area contributed by atoms with Crippen molar-refractivity contribution >= 4 is 27.0 Å². The summed E-state index contributed by atoms with van der Waals surface area (Å²) < 4.78 is 28.2. The van der Waals surface area contributed by atoms with Gasteiger partial charge >= 0.3 is 0 Å². The van der Waals surface area contributed by atoms with Crippen molar-refractivity contribution in [3.05, 3.63) is 24.0 Å². The Balaban J connectivity index is 1.80. The first-order valence-corrected chi connectivity index (χ1v) is 12.4. The molecule has 0 bridgehead atoms. The fraction of sp³-hybridized carbons (Fsp3) is 0.636. The minimum Gasteiger partial charge on any atom is -0.340 e. The Labute approximate surface area is 180 Å². The molecule has 1 heterocycles. The van der Waals surface area contributed by atoms with E-state index in [0.29, 0.717) is 24.4 Å². The van der Waals surface area contributed by atoms with Crippen molar-refractivity contribution in [2.24, 2.45) is 0 Å². The molecule has 8 heteroatoms. The number of carbonyl (C=O) groups is 1.